The van der Waals surface area contributed by atoms with Gasteiger partial charge in [0.2, 0.25) is 10.0 Å². The van der Waals surface area contributed by atoms with Crippen LogP contribution in [0.3, 0.4) is 0 Å². The van der Waals surface area contributed by atoms with Crippen molar-refractivity contribution in [3.05, 3.63) is 54.1 Å². The Labute approximate surface area is 141 Å². The summed E-state index contributed by atoms with van der Waals surface area (Å²) in [6, 6.07) is 15.1. The van der Waals surface area contributed by atoms with Gasteiger partial charge < -0.3 is 9.47 Å². The molecule has 0 aliphatic heterocycles. The standard InChI is InChI=1S/C17H18N2O4S/c1-19(2)24(20,21)17-8-6-15(7-9-17)22-10-11-23-16-5-3-4-14(12-16)13-18/h3-9,12H,10-11H2,1-2H3. The minimum Gasteiger partial charge on any atom is -0.490 e. The first-order chi connectivity index (χ1) is 11.4. The summed E-state index contributed by atoms with van der Waals surface area (Å²) >= 11 is 0. The monoisotopic (exact) mass is 346 g/mol. The van der Waals surface area contributed by atoms with Gasteiger partial charge in [0, 0.05) is 14.1 Å². The van der Waals surface area contributed by atoms with E-state index in [0.29, 0.717) is 30.3 Å². The van der Waals surface area contributed by atoms with Gasteiger partial charge in [0.1, 0.15) is 24.7 Å². The number of ether oxygens (including phenoxy) is 2. The van der Waals surface area contributed by atoms with Crippen LogP contribution >= 0.6 is 0 Å². The number of hydrogen-bond donors (Lipinski definition) is 0. The highest BCUT2D eigenvalue weighted by atomic mass is 32.2. The zero-order valence-corrected chi connectivity index (χ0v) is 14.3. The molecular formula is C17H18N2O4S. The van der Waals surface area contributed by atoms with Gasteiger partial charge in [-0.25, -0.2) is 12.7 Å². The zero-order valence-electron chi connectivity index (χ0n) is 13.5. The molecule has 24 heavy (non-hydrogen) atoms. The summed E-state index contributed by atoms with van der Waals surface area (Å²) in [5.74, 6) is 1.16. The lowest BCUT2D eigenvalue weighted by Gasteiger charge is -2.12. The van der Waals surface area contributed by atoms with E-state index < -0.39 is 10.0 Å². The Morgan fingerprint density at radius 1 is 1.00 bits per heavy atom. The summed E-state index contributed by atoms with van der Waals surface area (Å²) in [4.78, 5) is 0.212. The third-order valence-corrected chi connectivity index (χ3v) is 5.02. The van der Waals surface area contributed by atoms with Crippen molar-refractivity contribution < 1.29 is 17.9 Å². The molecule has 0 N–H and O–H groups in total. The number of nitrogens with zero attached hydrogens (tertiary/aromatic N) is 2. The van der Waals surface area contributed by atoms with Crippen molar-refractivity contribution >= 4 is 10.0 Å². The van der Waals surface area contributed by atoms with Crippen molar-refractivity contribution in [2.45, 2.75) is 4.90 Å². The second-order valence-corrected chi connectivity index (χ2v) is 7.25. The fraction of sp³-hybridized carbons (Fsp3) is 0.235. The fourth-order valence-corrected chi connectivity index (χ4v) is 2.79. The molecule has 0 bridgehead atoms. The Balaban J connectivity index is 1.86. The van der Waals surface area contributed by atoms with Gasteiger partial charge in [0.25, 0.3) is 0 Å². The van der Waals surface area contributed by atoms with Gasteiger partial charge in [0.15, 0.2) is 0 Å². The molecule has 7 heteroatoms. The molecule has 2 aromatic carbocycles. The van der Waals surface area contributed by atoms with E-state index in [1.165, 1.54) is 26.2 Å². The van der Waals surface area contributed by atoms with Gasteiger partial charge in [-0.15, -0.1) is 0 Å². The van der Waals surface area contributed by atoms with Crippen LogP contribution in [-0.2, 0) is 10.0 Å². The van der Waals surface area contributed by atoms with Gasteiger partial charge in [-0.05, 0) is 42.5 Å². The van der Waals surface area contributed by atoms with Crippen LogP contribution in [0, 0.1) is 11.3 Å². The molecule has 0 aromatic heterocycles. The predicted molar refractivity (Wildman–Crippen MR) is 89.5 cm³/mol. The molecule has 2 rings (SSSR count). The summed E-state index contributed by atoms with van der Waals surface area (Å²) in [5, 5.41) is 8.82. The highest BCUT2D eigenvalue weighted by Gasteiger charge is 2.16. The second kappa shape index (κ2) is 7.81. The average Bonchev–Trinajstić information content (AvgIpc) is 2.59. The van der Waals surface area contributed by atoms with Crippen LogP contribution in [0.15, 0.2) is 53.4 Å². The van der Waals surface area contributed by atoms with Gasteiger partial charge >= 0.3 is 0 Å². The fourth-order valence-electron chi connectivity index (χ4n) is 1.89. The van der Waals surface area contributed by atoms with Crippen LogP contribution in [-0.4, -0.2) is 40.0 Å². The molecule has 0 spiro atoms. The molecule has 0 aliphatic carbocycles. The van der Waals surface area contributed by atoms with E-state index >= 15 is 0 Å². The molecule has 6 nitrogen and oxygen atoms in total. The second-order valence-electron chi connectivity index (χ2n) is 5.10. The van der Waals surface area contributed by atoms with Crippen molar-refractivity contribution in [3.63, 3.8) is 0 Å². The summed E-state index contributed by atoms with van der Waals surface area (Å²) in [5.41, 5.74) is 0.533. The normalized spacial score (nSPS) is 11.1. The predicted octanol–water partition coefficient (Wildman–Crippen LogP) is 2.27. The topological polar surface area (TPSA) is 79.6 Å². The molecule has 0 heterocycles. The Kier molecular flexibility index (Phi) is 5.79. The Hall–Kier alpha value is -2.56. The first-order valence-electron chi connectivity index (χ1n) is 7.22. The minimum absolute atomic E-state index is 0.212. The molecule has 0 atom stereocenters. The SMILES string of the molecule is CN(C)S(=O)(=O)c1ccc(OCCOc2cccc(C#N)c2)cc1. The highest BCUT2D eigenvalue weighted by molar-refractivity contribution is 7.89. The van der Waals surface area contributed by atoms with Gasteiger partial charge in [0.05, 0.1) is 16.5 Å². The maximum Gasteiger partial charge on any atom is 0.242 e. The van der Waals surface area contributed by atoms with Crippen molar-refractivity contribution in [2.24, 2.45) is 0 Å². The molecule has 126 valence electrons. The van der Waals surface area contributed by atoms with Crippen molar-refractivity contribution in [1.82, 2.24) is 4.31 Å². The van der Waals surface area contributed by atoms with Crippen LogP contribution < -0.4 is 9.47 Å². The summed E-state index contributed by atoms with van der Waals surface area (Å²) in [6.07, 6.45) is 0. The molecular weight excluding hydrogens is 328 g/mol. The third-order valence-electron chi connectivity index (χ3n) is 3.19. The molecule has 0 saturated carbocycles. The van der Waals surface area contributed by atoms with E-state index in [-0.39, 0.29) is 4.90 Å². The molecule has 0 unspecified atom stereocenters. The molecule has 2 aromatic rings. The van der Waals surface area contributed by atoms with Crippen LogP contribution in [0.2, 0.25) is 0 Å². The Morgan fingerprint density at radius 2 is 1.62 bits per heavy atom. The first-order valence-corrected chi connectivity index (χ1v) is 8.66. The lowest BCUT2D eigenvalue weighted by molar-refractivity contribution is 0.217. The zero-order chi connectivity index (χ0) is 17.6. The van der Waals surface area contributed by atoms with E-state index in [9.17, 15) is 8.42 Å². The highest BCUT2D eigenvalue weighted by Crippen LogP contribution is 2.18. The van der Waals surface area contributed by atoms with Crippen molar-refractivity contribution in [2.75, 3.05) is 27.3 Å². The van der Waals surface area contributed by atoms with E-state index in [1.807, 2.05) is 6.07 Å². The number of nitriles is 1. The van der Waals surface area contributed by atoms with Crippen LogP contribution in [0.5, 0.6) is 11.5 Å². The van der Waals surface area contributed by atoms with Crippen LogP contribution in [0.1, 0.15) is 5.56 Å². The molecule has 0 aliphatic rings. The van der Waals surface area contributed by atoms with E-state index in [1.54, 1.807) is 36.4 Å². The van der Waals surface area contributed by atoms with Crippen LogP contribution in [0.25, 0.3) is 0 Å². The smallest absolute Gasteiger partial charge is 0.242 e. The van der Waals surface area contributed by atoms with Crippen LogP contribution in [0.4, 0.5) is 0 Å². The summed E-state index contributed by atoms with van der Waals surface area (Å²) in [6.45, 7) is 0.614. The number of rotatable bonds is 7. The first kappa shape index (κ1) is 17.8. The number of benzene rings is 2. The summed E-state index contributed by atoms with van der Waals surface area (Å²) < 4.78 is 36.1. The van der Waals surface area contributed by atoms with E-state index in [0.717, 1.165) is 4.31 Å². The quantitative estimate of drug-likeness (QED) is 0.719. The Bertz CT molecular complexity index is 824. The van der Waals surface area contributed by atoms with E-state index in [2.05, 4.69) is 0 Å². The van der Waals surface area contributed by atoms with Crippen molar-refractivity contribution in [3.8, 4) is 17.6 Å². The van der Waals surface area contributed by atoms with Crippen molar-refractivity contribution in [1.29, 1.82) is 5.26 Å². The average molecular weight is 346 g/mol. The lowest BCUT2D eigenvalue weighted by Crippen LogP contribution is -2.22. The molecule has 0 amide bonds. The number of sulfonamides is 1. The van der Waals surface area contributed by atoms with Gasteiger partial charge in [-0.2, -0.15) is 5.26 Å². The van der Waals surface area contributed by atoms with E-state index in [4.69, 9.17) is 14.7 Å². The molecule has 0 saturated heterocycles. The molecule has 0 radical (unpaired) electrons. The maximum absolute atomic E-state index is 12.0. The van der Waals surface area contributed by atoms with Gasteiger partial charge in [-0.3, -0.25) is 0 Å². The largest absolute Gasteiger partial charge is 0.490 e. The third kappa shape index (κ3) is 4.47. The maximum atomic E-state index is 12.0. The summed E-state index contributed by atoms with van der Waals surface area (Å²) in [7, 11) is -0.466. The lowest BCUT2D eigenvalue weighted by atomic mass is 10.2. The Morgan fingerprint density at radius 3 is 2.21 bits per heavy atom. The van der Waals surface area contributed by atoms with Gasteiger partial charge in [-0.1, -0.05) is 6.07 Å². The molecule has 0 fully saturated rings. The number of hydrogen-bond acceptors (Lipinski definition) is 5. The minimum atomic E-state index is -3.43.